The maximum Gasteiger partial charge on any atom is 0.0709 e. The van der Waals surface area contributed by atoms with Gasteiger partial charge in [0.15, 0.2) is 0 Å². The number of hydrogen-bond donors (Lipinski definition) is 0. The highest BCUT2D eigenvalue weighted by atomic mass is 15.2. The summed E-state index contributed by atoms with van der Waals surface area (Å²) in [5, 5.41) is 0. The van der Waals surface area contributed by atoms with Crippen LogP contribution in [0.5, 0.6) is 0 Å². The van der Waals surface area contributed by atoms with E-state index in [1.165, 1.54) is 22.5 Å². The number of hydrogen-bond acceptors (Lipinski definition) is 1. The molecule has 2 aliphatic carbocycles. The average Bonchev–Trinajstić information content (AvgIpc) is 2.93. The molecule has 2 aliphatic rings. The fourth-order valence-electron chi connectivity index (χ4n) is 3.28. The molecular formula is C26H29N. The van der Waals surface area contributed by atoms with Crippen LogP contribution in [0.3, 0.4) is 0 Å². The summed E-state index contributed by atoms with van der Waals surface area (Å²) in [6.45, 7) is 6.56. The number of anilines is 1. The molecule has 0 aromatic heterocycles. The van der Waals surface area contributed by atoms with E-state index in [-0.39, 0.29) is 6.04 Å². The molecule has 0 aliphatic heterocycles. The predicted molar refractivity (Wildman–Crippen MR) is 119 cm³/mol. The lowest BCUT2D eigenvalue weighted by Crippen LogP contribution is -2.31. The highest BCUT2D eigenvalue weighted by Crippen LogP contribution is 2.29. The highest BCUT2D eigenvalue weighted by Gasteiger charge is 2.18. The first kappa shape index (κ1) is 19.0. The second-order valence-corrected chi connectivity index (χ2v) is 7.20. The van der Waals surface area contributed by atoms with Crippen LogP contribution in [0.4, 0.5) is 5.69 Å². The van der Waals surface area contributed by atoms with Gasteiger partial charge < -0.3 is 4.90 Å². The van der Waals surface area contributed by atoms with Crippen molar-refractivity contribution < 1.29 is 0 Å². The van der Waals surface area contributed by atoms with Gasteiger partial charge in [0.25, 0.3) is 0 Å². The average molecular weight is 356 g/mol. The second kappa shape index (κ2) is 9.23. The van der Waals surface area contributed by atoms with Gasteiger partial charge in [0.1, 0.15) is 0 Å². The molecule has 0 saturated carbocycles. The second-order valence-electron chi connectivity index (χ2n) is 7.20. The molecule has 1 aromatic rings. The molecule has 1 atom stereocenters. The molecule has 0 N–H and O–H groups in total. The van der Waals surface area contributed by atoms with Crippen LogP contribution >= 0.6 is 0 Å². The number of allylic oxidation sites excluding steroid dienone is 11. The zero-order chi connectivity index (χ0) is 19.1. The van der Waals surface area contributed by atoms with Crippen LogP contribution < -0.4 is 4.90 Å². The third-order valence-corrected chi connectivity index (χ3v) is 5.02. The number of benzene rings is 1. The molecule has 3 rings (SSSR count). The van der Waals surface area contributed by atoms with Gasteiger partial charge in [-0.15, -0.1) is 0 Å². The van der Waals surface area contributed by atoms with E-state index in [0.29, 0.717) is 5.92 Å². The molecule has 1 nitrogen and oxygen atoms in total. The molecule has 138 valence electrons. The summed E-state index contributed by atoms with van der Waals surface area (Å²) in [5.74, 6) is 0.433. The van der Waals surface area contributed by atoms with E-state index in [1.54, 1.807) is 0 Å². The van der Waals surface area contributed by atoms with Crippen molar-refractivity contribution in [2.24, 2.45) is 5.92 Å². The quantitative estimate of drug-likeness (QED) is 0.579. The normalized spacial score (nSPS) is 25.3. The molecule has 0 saturated heterocycles. The number of nitrogens with zero attached hydrogens (tertiary/aromatic N) is 1. The molecular weight excluding hydrogens is 326 g/mol. The van der Waals surface area contributed by atoms with Crippen molar-refractivity contribution in [1.29, 1.82) is 0 Å². The summed E-state index contributed by atoms with van der Waals surface area (Å²) in [6, 6.07) is 6.94. The van der Waals surface area contributed by atoms with Crippen molar-refractivity contribution in [3.63, 3.8) is 0 Å². The molecule has 0 heterocycles. The van der Waals surface area contributed by atoms with Gasteiger partial charge in [0.2, 0.25) is 0 Å². The Kier molecular flexibility index (Phi) is 6.49. The van der Waals surface area contributed by atoms with Gasteiger partial charge in [-0.3, -0.25) is 0 Å². The van der Waals surface area contributed by atoms with E-state index >= 15 is 0 Å². The Hall–Kier alpha value is -2.80. The summed E-state index contributed by atoms with van der Waals surface area (Å²) in [4.78, 5) is 2.44. The molecule has 0 bridgehead atoms. The van der Waals surface area contributed by atoms with E-state index in [0.717, 1.165) is 6.42 Å². The van der Waals surface area contributed by atoms with Crippen molar-refractivity contribution in [2.45, 2.75) is 33.2 Å². The van der Waals surface area contributed by atoms with Crippen molar-refractivity contribution in [2.75, 3.05) is 4.90 Å². The van der Waals surface area contributed by atoms with E-state index in [1.807, 2.05) is 0 Å². The fourth-order valence-corrected chi connectivity index (χ4v) is 3.28. The van der Waals surface area contributed by atoms with Crippen molar-refractivity contribution >= 4 is 5.69 Å². The first-order valence-corrected chi connectivity index (χ1v) is 9.74. The van der Waals surface area contributed by atoms with Gasteiger partial charge >= 0.3 is 0 Å². The smallest absolute Gasteiger partial charge is 0.0709 e. The molecule has 1 heteroatoms. The Labute approximate surface area is 164 Å². The molecule has 1 aromatic carbocycles. The Balaban J connectivity index is 2.06. The molecule has 0 amide bonds. The zero-order valence-corrected chi connectivity index (χ0v) is 16.5. The van der Waals surface area contributed by atoms with Gasteiger partial charge in [-0.25, -0.2) is 0 Å². The SMILES string of the molecule is Cc1ccc(N(/C2=C/C=C\C(C)/C=C\C=C/C2)C2C=CC=CC=C2)cc1C. The third kappa shape index (κ3) is 5.10. The van der Waals surface area contributed by atoms with Crippen LogP contribution in [-0.4, -0.2) is 6.04 Å². The van der Waals surface area contributed by atoms with E-state index in [2.05, 4.69) is 123 Å². The maximum atomic E-state index is 2.44. The highest BCUT2D eigenvalue weighted by molar-refractivity contribution is 5.59. The summed E-state index contributed by atoms with van der Waals surface area (Å²) in [7, 11) is 0. The van der Waals surface area contributed by atoms with Crippen molar-refractivity contribution in [3.05, 3.63) is 114 Å². The Morgan fingerprint density at radius 1 is 0.778 bits per heavy atom. The monoisotopic (exact) mass is 355 g/mol. The van der Waals surface area contributed by atoms with Gasteiger partial charge in [0, 0.05) is 17.8 Å². The Morgan fingerprint density at radius 3 is 2.22 bits per heavy atom. The Bertz CT molecular complexity index is 842. The first-order chi connectivity index (χ1) is 13.1. The summed E-state index contributed by atoms with van der Waals surface area (Å²) >= 11 is 0. The largest absolute Gasteiger partial charge is 0.334 e. The molecule has 0 radical (unpaired) electrons. The summed E-state index contributed by atoms with van der Waals surface area (Å²) < 4.78 is 0. The lowest BCUT2D eigenvalue weighted by atomic mass is 10.0. The molecule has 0 fully saturated rings. The van der Waals surface area contributed by atoms with Gasteiger partial charge in [-0.1, -0.05) is 85.9 Å². The van der Waals surface area contributed by atoms with Crippen LogP contribution in [0.2, 0.25) is 0 Å². The lowest BCUT2D eigenvalue weighted by molar-refractivity contribution is 0.860. The summed E-state index contributed by atoms with van der Waals surface area (Å²) in [5.41, 5.74) is 5.16. The van der Waals surface area contributed by atoms with Crippen LogP contribution in [0.25, 0.3) is 0 Å². The minimum absolute atomic E-state index is 0.186. The zero-order valence-electron chi connectivity index (χ0n) is 16.5. The fraction of sp³-hybridized carbons (Fsp3) is 0.231. The maximum absolute atomic E-state index is 2.44. The lowest BCUT2D eigenvalue weighted by Gasteiger charge is -2.32. The van der Waals surface area contributed by atoms with E-state index in [9.17, 15) is 0 Å². The molecule has 1 unspecified atom stereocenters. The van der Waals surface area contributed by atoms with Gasteiger partial charge in [-0.2, -0.15) is 0 Å². The third-order valence-electron chi connectivity index (χ3n) is 5.02. The topological polar surface area (TPSA) is 3.24 Å². The van der Waals surface area contributed by atoms with Crippen molar-refractivity contribution in [1.82, 2.24) is 0 Å². The van der Waals surface area contributed by atoms with Gasteiger partial charge in [0.05, 0.1) is 6.04 Å². The van der Waals surface area contributed by atoms with Gasteiger partial charge in [-0.05, 0) is 49.1 Å². The summed E-state index contributed by atoms with van der Waals surface area (Å²) in [6.07, 6.45) is 29.3. The van der Waals surface area contributed by atoms with Crippen molar-refractivity contribution in [3.8, 4) is 0 Å². The first-order valence-electron chi connectivity index (χ1n) is 9.74. The Morgan fingerprint density at radius 2 is 1.48 bits per heavy atom. The van der Waals surface area contributed by atoms with E-state index in [4.69, 9.17) is 0 Å². The predicted octanol–water partition coefficient (Wildman–Crippen LogP) is 6.75. The van der Waals surface area contributed by atoms with Crippen LogP contribution in [0.15, 0.2) is 103 Å². The molecule has 27 heavy (non-hydrogen) atoms. The number of aryl methyl sites for hydroxylation is 2. The van der Waals surface area contributed by atoms with Crippen LogP contribution in [-0.2, 0) is 0 Å². The van der Waals surface area contributed by atoms with Crippen LogP contribution in [0, 0.1) is 19.8 Å². The minimum Gasteiger partial charge on any atom is -0.334 e. The van der Waals surface area contributed by atoms with E-state index < -0.39 is 0 Å². The standard InChI is InChI=1S/C26H29N/c1-21-12-7-6-10-16-25(17-11-13-21)27(24-14-8-4-5-9-15-24)26-19-18-22(2)23(3)20-26/h4-15,17-21,24H,16H2,1-3H3/b10-6-,12-7-,13-11-,25-17+. The molecule has 0 spiro atoms. The minimum atomic E-state index is 0.186. The number of rotatable bonds is 3. The van der Waals surface area contributed by atoms with Crippen LogP contribution in [0.1, 0.15) is 24.5 Å².